The minimum Gasteiger partial charge on any atom is -0.444 e. The number of hydrogen-bond acceptors (Lipinski definition) is 4. The summed E-state index contributed by atoms with van der Waals surface area (Å²) in [5, 5.41) is 12.8. The summed E-state index contributed by atoms with van der Waals surface area (Å²) >= 11 is 0. The Labute approximate surface area is 224 Å². The topological polar surface area (TPSA) is 67.6 Å². The quantitative estimate of drug-likeness (QED) is 0.337. The van der Waals surface area contributed by atoms with Crippen molar-refractivity contribution in [2.24, 2.45) is 5.92 Å². The zero-order valence-electron chi connectivity index (χ0n) is 22.5. The maximum Gasteiger partial charge on any atom is 0.410 e. The highest BCUT2D eigenvalue weighted by atomic mass is 16.6. The Hall–Kier alpha value is -3.64. The van der Waals surface area contributed by atoms with E-state index in [-0.39, 0.29) is 12.0 Å². The van der Waals surface area contributed by atoms with Crippen LogP contribution in [0.25, 0.3) is 11.0 Å². The SMILES string of the molecule is CC(C)(C)OC(=O)N1CCC(C(O)(c2ccccc2)c2nc3ccccc3n2CCc2ccccc2)CC1. The fourth-order valence-electron chi connectivity index (χ4n) is 5.52. The molecule has 0 aliphatic carbocycles. The van der Waals surface area contributed by atoms with E-state index in [1.165, 1.54) is 5.56 Å². The predicted octanol–water partition coefficient (Wildman–Crippen LogP) is 6.16. The van der Waals surface area contributed by atoms with Crippen molar-refractivity contribution >= 4 is 17.1 Å². The molecule has 198 valence electrons. The average Bonchev–Trinajstić information content (AvgIpc) is 3.31. The predicted molar refractivity (Wildman–Crippen MR) is 150 cm³/mol. The van der Waals surface area contributed by atoms with Crippen LogP contribution in [0.5, 0.6) is 0 Å². The Bertz CT molecular complexity index is 1370. The number of para-hydroxylation sites is 2. The number of imidazole rings is 1. The van der Waals surface area contributed by atoms with E-state index in [2.05, 4.69) is 34.9 Å². The van der Waals surface area contributed by atoms with Crippen LogP contribution in [0, 0.1) is 5.92 Å². The Morgan fingerprint density at radius 3 is 2.18 bits per heavy atom. The Morgan fingerprint density at radius 2 is 1.53 bits per heavy atom. The van der Waals surface area contributed by atoms with Gasteiger partial charge < -0.3 is 19.3 Å². The van der Waals surface area contributed by atoms with Crippen LogP contribution in [0.2, 0.25) is 0 Å². The number of carbonyl (C=O) groups is 1. The zero-order chi connectivity index (χ0) is 26.8. The summed E-state index contributed by atoms with van der Waals surface area (Å²) in [5.74, 6) is 0.549. The first kappa shape index (κ1) is 26.0. The van der Waals surface area contributed by atoms with Crippen molar-refractivity contribution in [3.8, 4) is 0 Å². The first-order valence-corrected chi connectivity index (χ1v) is 13.5. The van der Waals surface area contributed by atoms with Crippen molar-refractivity contribution in [3.63, 3.8) is 0 Å². The van der Waals surface area contributed by atoms with Gasteiger partial charge in [-0.15, -0.1) is 0 Å². The summed E-state index contributed by atoms with van der Waals surface area (Å²) in [6, 6.07) is 28.4. The Balaban J connectivity index is 1.52. The molecule has 3 aromatic carbocycles. The second-order valence-corrected chi connectivity index (χ2v) is 11.2. The highest BCUT2D eigenvalue weighted by Gasteiger charge is 2.46. The fraction of sp³-hybridized carbons (Fsp3) is 0.375. The van der Waals surface area contributed by atoms with Gasteiger partial charge in [0.25, 0.3) is 0 Å². The smallest absolute Gasteiger partial charge is 0.410 e. The number of aliphatic hydroxyl groups is 1. The molecule has 1 aliphatic heterocycles. The van der Waals surface area contributed by atoms with Crippen LogP contribution in [-0.4, -0.2) is 44.3 Å². The minimum absolute atomic E-state index is 0.115. The van der Waals surface area contributed by atoms with Crippen molar-refractivity contribution in [3.05, 3.63) is 102 Å². The molecule has 0 saturated carbocycles. The molecule has 5 rings (SSSR count). The number of carbonyl (C=O) groups excluding carboxylic acids is 1. The summed E-state index contributed by atoms with van der Waals surface area (Å²) in [6.07, 6.45) is 1.82. The molecule has 6 nitrogen and oxygen atoms in total. The number of ether oxygens (including phenoxy) is 1. The molecule has 1 fully saturated rings. The molecule has 1 N–H and O–H groups in total. The molecule has 1 atom stereocenters. The van der Waals surface area contributed by atoms with E-state index in [0.29, 0.717) is 38.3 Å². The highest BCUT2D eigenvalue weighted by Crippen LogP contribution is 2.42. The van der Waals surface area contributed by atoms with Gasteiger partial charge in [0.05, 0.1) is 11.0 Å². The van der Waals surface area contributed by atoms with Gasteiger partial charge in [-0.25, -0.2) is 9.78 Å². The van der Waals surface area contributed by atoms with E-state index in [4.69, 9.17) is 9.72 Å². The maximum absolute atomic E-state index is 12.8. The van der Waals surface area contributed by atoms with Gasteiger partial charge in [-0.2, -0.15) is 0 Å². The van der Waals surface area contributed by atoms with Crippen LogP contribution in [0.3, 0.4) is 0 Å². The lowest BCUT2D eigenvalue weighted by molar-refractivity contribution is -0.0304. The van der Waals surface area contributed by atoms with Gasteiger partial charge in [0.1, 0.15) is 11.4 Å². The maximum atomic E-state index is 12.8. The number of hydrogen-bond donors (Lipinski definition) is 1. The molecule has 1 saturated heterocycles. The van der Waals surface area contributed by atoms with Crippen molar-refractivity contribution in [2.75, 3.05) is 13.1 Å². The van der Waals surface area contributed by atoms with Gasteiger partial charge in [-0.3, -0.25) is 0 Å². The third kappa shape index (κ3) is 5.32. The second kappa shape index (κ2) is 10.6. The largest absolute Gasteiger partial charge is 0.444 e. The number of amides is 1. The standard InChI is InChI=1S/C32H37N3O3/c1-31(2,3)38-30(36)34-21-19-26(20-22-34)32(37,25-14-8-5-9-15-25)29-33-27-16-10-11-17-28(27)35(29)23-18-24-12-6-4-7-13-24/h4-17,26,37H,18-23H2,1-3H3. The molecule has 1 aliphatic rings. The second-order valence-electron chi connectivity index (χ2n) is 11.2. The molecule has 4 aromatic rings. The van der Waals surface area contributed by atoms with E-state index in [1.807, 2.05) is 75.4 Å². The van der Waals surface area contributed by atoms with E-state index in [1.54, 1.807) is 4.90 Å². The van der Waals surface area contributed by atoms with Gasteiger partial charge in [0.2, 0.25) is 0 Å². The van der Waals surface area contributed by atoms with Gasteiger partial charge in [0, 0.05) is 25.6 Å². The summed E-state index contributed by atoms with van der Waals surface area (Å²) in [7, 11) is 0. The summed E-state index contributed by atoms with van der Waals surface area (Å²) in [6.45, 7) is 7.40. The fourth-order valence-corrected chi connectivity index (χ4v) is 5.52. The van der Waals surface area contributed by atoms with Crippen LogP contribution in [0.15, 0.2) is 84.9 Å². The number of rotatable bonds is 6. The number of nitrogens with zero attached hydrogens (tertiary/aromatic N) is 3. The van der Waals surface area contributed by atoms with E-state index in [0.717, 1.165) is 23.0 Å². The summed E-state index contributed by atoms with van der Waals surface area (Å²) in [5.41, 5.74) is 2.10. The van der Waals surface area contributed by atoms with Crippen LogP contribution >= 0.6 is 0 Å². The first-order chi connectivity index (χ1) is 18.3. The summed E-state index contributed by atoms with van der Waals surface area (Å²) < 4.78 is 7.80. The van der Waals surface area contributed by atoms with E-state index < -0.39 is 11.2 Å². The molecular formula is C32H37N3O3. The Kier molecular flexibility index (Phi) is 7.26. The number of benzene rings is 3. The average molecular weight is 512 g/mol. The lowest BCUT2D eigenvalue weighted by Gasteiger charge is -2.41. The minimum atomic E-state index is -1.31. The highest BCUT2D eigenvalue weighted by molar-refractivity contribution is 5.76. The molecule has 0 bridgehead atoms. The molecule has 0 radical (unpaired) electrons. The van der Waals surface area contributed by atoms with Crippen LogP contribution in [0.4, 0.5) is 4.79 Å². The third-order valence-corrected chi connectivity index (χ3v) is 7.41. The molecule has 0 spiro atoms. The van der Waals surface area contributed by atoms with Crippen molar-refractivity contribution < 1.29 is 14.6 Å². The molecule has 1 aromatic heterocycles. The van der Waals surface area contributed by atoms with E-state index >= 15 is 0 Å². The number of aromatic nitrogens is 2. The summed E-state index contributed by atoms with van der Waals surface area (Å²) in [4.78, 5) is 19.5. The lowest BCUT2D eigenvalue weighted by atomic mass is 9.75. The van der Waals surface area contributed by atoms with Crippen molar-refractivity contribution in [1.29, 1.82) is 0 Å². The molecule has 1 amide bonds. The number of aryl methyl sites for hydroxylation is 2. The van der Waals surface area contributed by atoms with Crippen molar-refractivity contribution in [1.82, 2.24) is 14.5 Å². The normalized spacial score (nSPS) is 16.4. The number of likely N-dealkylation sites (tertiary alicyclic amines) is 1. The third-order valence-electron chi connectivity index (χ3n) is 7.41. The molecule has 6 heteroatoms. The molecular weight excluding hydrogens is 474 g/mol. The van der Waals surface area contributed by atoms with Crippen LogP contribution in [0.1, 0.15) is 50.6 Å². The monoisotopic (exact) mass is 511 g/mol. The van der Waals surface area contributed by atoms with Gasteiger partial charge in [-0.05, 0) is 63.3 Å². The zero-order valence-corrected chi connectivity index (χ0v) is 22.5. The molecule has 1 unspecified atom stereocenters. The van der Waals surface area contributed by atoms with Crippen molar-refractivity contribution in [2.45, 2.75) is 57.8 Å². The first-order valence-electron chi connectivity index (χ1n) is 13.5. The number of piperidine rings is 1. The van der Waals surface area contributed by atoms with Gasteiger partial charge >= 0.3 is 6.09 Å². The van der Waals surface area contributed by atoms with E-state index in [9.17, 15) is 9.90 Å². The van der Waals surface area contributed by atoms with Crippen LogP contribution in [-0.2, 0) is 23.3 Å². The molecule has 38 heavy (non-hydrogen) atoms. The molecule has 2 heterocycles. The van der Waals surface area contributed by atoms with Crippen LogP contribution < -0.4 is 0 Å². The van der Waals surface area contributed by atoms with Gasteiger partial charge in [-0.1, -0.05) is 72.8 Å². The lowest BCUT2D eigenvalue weighted by Crippen LogP contribution is -2.48. The Morgan fingerprint density at radius 1 is 0.921 bits per heavy atom. The van der Waals surface area contributed by atoms with Gasteiger partial charge in [0.15, 0.2) is 5.60 Å². The number of fused-ring (bicyclic) bond motifs is 1.